The summed E-state index contributed by atoms with van der Waals surface area (Å²) in [6.07, 6.45) is 8.47. The van der Waals surface area contributed by atoms with Crippen molar-refractivity contribution in [2.45, 2.75) is 19.8 Å². The van der Waals surface area contributed by atoms with Gasteiger partial charge < -0.3 is 16.0 Å². The lowest BCUT2D eigenvalue weighted by Crippen LogP contribution is -2.37. The summed E-state index contributed by atoms with van der Waals surface area (Å²) in [6, 6.07) is 8.13. The molecule has 0 unspecified atom stereocenters. The van der Waals surface area contributed by atoms with E-state index in [1.807, 2.05) is 12.1 Å². The highest BCUT2D eigenvalue weighted by Gasteiger charge is 2.16. The Bertz CT molecular complexity index is 1040. The molecule has 1 aliphatic heterocycles. The minimum absolute atomic E-state index is 0.0363. The van der Waals surface area contributed by atoms with Crippen molar-refractivity contribution in [3.05, 3.63) is 70.5 Å². The molecule has 1 amide bonds. The highest BCUT2D eigenvalue weighted by atomic mass is 79.9. The van der Waals surface area contributed by atoms with Crippen LogP contribution in [0.25, 0.3) is 11.6 Å². The van der Waals surface area contributed by atoms with Gasteiger partial charge in [-0.2, -0.15) is 5.10 Å². The SMILES string of the molecule is C=C/C(=C\c1ccccc1C)c1cn[nH]c(N)c(Br)c(N2CCCNC(=O)CC2)nc1. The average molecular weight is 483 g/mol. The molecule has 0 spiro atoms. The number of amides is 1. The minimum atomic E-state index is 0.0363. The fourth-order valence-corrected chi connectivity index (χ4v) is 3.70. The number of halogens is 1. The molecule has 162 valence electrons. The number of allylic oxidation sites excluding steroid dienone is 2. The van der Waals surface area contributed by atoms with Crippen LogP contribution in [-0.2, 0) is 4.79 Å². The Balaban J connectivity index is 2.09. The van der Waals surface area contributed by atoms with Gasteiger partial charge in [0.2, 0.25) is 5.91 Å². The Hall–Kier alpha value is -3.13. The van der Waals surface area contributed by atoms with Crippen LogP contribution in [0.1, 0.15) is 29.5 Å². The predicted octanol–water partition coefficient (Wildman–Crippen LogP) is 4.03. The molecule has 4 N–H and O–H groups in total. The van der Waals surface area contributed by atoms with E-state index in [0.717, 1.165) is 35.2 Å². The number of carbonyl (C=O) groups excluding carboxylic acids is 1. The van der Waals surface area contributed by atoms with E-state index in [2.05, 4.69) is 68.1 Å². The van der Waals surface area contributed by atoms with Gasteiger partial charge in [0.05, 0.1) is 6.20 Å². The zero-order valence-corrected chi connectivity index (χ0v) is 19.2. The van der Waals surface area contributed by atoms with Crippen LogP contribution in [0.15, 0.2) is 53.8 Å². The summed E-state index contributed by atoms with van der Waals surface area (Å²) in [6.45, 7) is 7.97. The molecule has 2 heterocycles. The van der Waals surface area contributed by atoms with Gasteiger partial charge in [-0.3, -0.25) is 9.89 Å². The number of nitrogens with two attached hydrogens (primary N) is 1. The highest BCUT2D eigenvalue weighted by Crippen LogP contribution is 2.27. The monoisotopic (exact) mass is 482 g/mol. The number of anilines is 2. The van der Waals surface area contributed by atoms with Gasteiger partial charge in [-0.25, -0.2) is 4.98 Å². The minimum Gasteiger partial charge on any atom is -0.383 e. The first-order valence-corrected chi connectivity index (χ1v) is 10.9. The van der Waals surface area contributed by atoms with Gasteiger partial charge in [-0.1, -0.05) is 36.9 Å². The molecule has 1 aromatic heterocycles. The van der Waals surface area contributed by atoms with Crippen LogP contribution in [0.3, 0.4) is 0 Å². The summed E-state index contributed by atoms with van der Waals surface area (Å²) in [5.41, 5.74) is 10.1. The van der Waals surface area contributed by atoms with Crippen LogP contribution < -0.4 is 16.0 Å². The van der Waals surface area contributed by atoms with E-state index < -0.39 is 0 Å². The van der Waals surface area contributed by atoms with Gasteiger partial charge >= 0.3 is 0 Å². The quantitative estimate of drug-likeness (QED) is 0.571. The molecule has 0 aliphatic carbocycles. The normalized spacial score (nSPS) is 14.8. The van der Waals surface area contributed by atoms with Gasteiger partial charge in [0.25, 0.3) is 0 Å². The molecular weight excluding hydrogens is 456 g/mol. The molecule has 31 heavy (non-hydrogen) atoms. The Morgan fingerprint density at radius 3 is 2.87 bits per heavy atom. The Morgan fingerprint density at radius 1 is 1.29 bits per heavy atom. The number of hydrogen-bond donors (Lipinski definition) is 3. The molecule has 1 aromatic carbocycles. The Morgan fingerprint density at radius 2 is 2.10 bits per heavy atom. The smallest absolute Gasteiger partial charge is 0.221 e. The van der Waals surface area contributed by atoms with Gasteiger partial charge in [-0.15, -0.1) is 0 Å². The molecule has 1 fully saturated rings. The van der Waals surface area contributed by atoms with Crippen molar-refractivity contribution < 1.29 is 4.79 Å². The third-order valence-electron chi connectivity index (χ3n) is 5.04. The van der Waals surface area contributed by atoms with E-state index in [1.54, 1.807) is 18.5 Å². The largest absolute Gasteiger partial charge is 0.383 e. The molecular formula is C23H27BrN6O. The maximum atomic E-state index is 11.9. The second-order valence-corrected chi connectivity index (χ2v) is 8.03. The molecule has 1 aliphatic rings. The summed E-state index contributed by atoms with van der Waals surface area (Å²) in [5.74, 6) is 1.04. The van der Waals surface area contributed by atoms with Crippen LogP contribution in [0.4, 0.5) is 11.6 Å². The van der Waals surface area contributed by atoms with E-state index in [9.17, 15) is 4.79 Å². The molecule has 0 atom stereocenters. The summed E-state index contributed by atoms with van der Waals surface area (Å²) < 4.78 is 0.603. The van der Waals surface area contributed by atoms with Crippen LogP contribution in [0.5, 0.6) is 0 Å². The standard InChI is InChI=1S/C23H27BrN6O/c1-3-17(13-18-8-5-4-7-16(18)2)19-14-27-23(21(24)22(25)29-28-15-19)30-11-6-10-26-20(31)9-12-30/h3-5,7-8,13-15,29H,1,6,9-12,25H2,2H3,(H,26,31)/b17-13+,19-14?,22-21?,27-23?,28-15?. The number of benzene rings is 1. The number of nitrogens with one attached hydrogen (secondary N) is 2. The highest BCUT2D eigenvalue weighted by molar-refractivity contribution is 9.10. The number of aryl methyl sites for hydroxylation is 1. The van der Waals surface area contributed by atoms with Crippen LogP contribution in [-0.4, -0.2) is 40.7 Å². The first-order valence-electron chi connectivity index (χ1n) is 10.1. The van der Waals surface area contributed by atoms with Crippen molar-refractivity contribution in [3.8, 4) is 0 Å². The van der Waals surface area contributed by atoms with E-state index in [0.29, 0.717) is 35.6 Å². The number of aromatic amines is 1. The Labute approximate surface area is 190 Å². The number of nitrogen functional groups attached to an aromatic ring is 1. The van der Waals surface area contributed by atoms with E-state index >= 15 is 0 Å². The lowest BCUT2D eigenvalue weighted by molar-refractivity contribution is -0.121. The van der Waals surface area contributed by atoms with Crippen molar-refractivity contribution in [3.63, 3.8) is 0 Å². The van der Waals surface area contributed by atoms with E-state index in [4.69, 9.17) is 10.7 Å². The molecule has 0 radical (unpaired) electrons. The number of carbonyl (C=O) groups is 1. The van der Waals surface area contributed by atoms with E-state index in [-0.39, 0.29) is 5.91 Å². The number of H-pyrrole nitrogens is 1. The number of hydrogen-bond acceptors (Lipinski definition) is 5. The fourth-order valence-electron chi connectivity index (χ4n) is 3.25. The second-order valence-electron chi connectivity index (χ2n) is 7.24. The van der Waals surface area contributed by atoms with Crippen molar-refractivity contribution >= 4 is 45.1 Å². The topological polar surface area (TPSA) is 99.9 Å². The molecule has 0 bridgehead atoms. The molecule has 1 saturated heterocycles. The molecule has 7 nitrogen and oxygen atoms in total. The summed E-state index contributed by atoms with van der Waals surface area (Å²) in [5, 5.41) is 10.0. The van der Waals surface area contributed by atoms with Crippen molar-refractivity contribution in [1.82, 2.24) is 20.5 Å². The van der Waals surface area contributed by atoms with Crippen LogP contribution >= 0.6 is 15.9 Å². The average Bonchev–Trinajstić information content (AvgIpc) is 2.82. The molecule has 0 saturated carbocycles. The van der Waals surface area contributed by atoms with E-state index in [1.165, 1.54) is 0 Å². The Kier molecular flexibility index (Phi) is 7.83. The van der Waals surface area contributed by atoms with Gasteiger partial charge in [0.1, 0.15) is 16.1 Å². The summed E-state index contributed by atoms with van der Waals surface area (Å²) in [7, 11) is 0. The molecule has 2 aromatic rings. The van der Waals surface area contributed by atoms with Crippen LogP contribution in [0, 0.1) is 6.92 Å². The lowest BCUT2D eigenvalue weighted by atomic mass is 10.0. The predicted molar refractivity (Wildman–Crippen MR) is 130 cm³/mol. The molecule has 3 rings (SSSR count). The first kappa shape index (κ1) is 22.6. The summed E-state index contributed by atoms with van der Waals surface area (Å²) >= 11 is 3.55. The first-order chi connectivity index (χ1) is 15.0. The number of aromatic nitrogens is 3. The number of rotatable bonds is 4. The fraction of sp³-hybridized carbons (Fsp3) is 0.261. The maximum Gasteiger partial charge on any atom is 0.221 e. The lowest BCUT2D eigenvalue weighted by Gasteiger charge is -2.26. The van der Waals surface area contributed by atoms with Crippen molar-refractivity contribution in [2.24, 2.45) is 0 Å². The third-order valence-corrected chi connectivity index (χ3v) is 5.82. The van der Waals surface area contributed by atoms with Gasteiger partial charge in [-0.05, 0) is 52.1 Å². The summed E-state index contributed by atoms with van der Waals surface area (Å²) in [4.78, 5) is 18.7. The second kappa shape index (κ2) is 10.8. The maximum absolute atomic E-state index is 11.9. The zero-order valence-electron chi connectivity index (χ0n) is 17.6. The van der Waals surface area contributed by atoms with Crippen LogP contribution in [0.2, 0.25) is 0 Å². The third kappa shape index (κ3) is 5.95. The van der Waals surface area contributed by atoms with Crippen molar-refractivity contribution in [1.29, 1.82) is 0 Å². The number of nitrogens with zero attached hydrogens (tertiary/aromatic N) is 3. The zero-order chi connectivity index (χ0) is 22.2. The van der Waals surface area contributed by atoms with Gasteiger partial charge in [0.15, 0.2) is 0 Å². The molecule has 8 heteroatoms. The van der Waals surface area contributed by atoms with Gasteiger partial charge in [0, 0.05) is 37.8 Å². The van der Waals surface area contributed by atoms with Crippen molar-refractivity contribution in [2.75, 3.05) is 30.3 Å².